The Labute approximate surface area is 157 Å². The highest BCUT2D eigenvalue weighted by molar-refractivity contribution is 7.95. The largest absolute Gasteiger partial charge is 0.386 e. The van der Waals surface area contributed by atoms with Crippen molar-refractivity contribution in [3.05, 3.63) is 104 Å². The molecule has 0 heterocycles. The van der Waals surface area contributed by atoms with Gasteiger partial charge in [-0.2, -0.15) is 0 Å². The van der Waals surface area contributed by atoms with Crippen LogP contribution < -0.4 is 15.9 Å². The van der Waals surface area contributed by atoms with Crippen LogP contribution in [-0.4, -0.2) is 16.9 Å². The number of hydrogen-bond acceptors (Lipinski definition) is 1. The van der Waals surface area contributed by atoms with E-state index in [9.17, 15) is 5.11 Å². The predicted molar refractivity (Wildman–Crippen MR) is 115 cm³/mol. The molecule has 3 aromatic carbocycles. The van der Waals surface area contributed by atoms with Crippen molar-refractivity contribution in [3.63, 3.8) is 0 Å². The van der Waals surface area contributed by atoms with Crippen LogP contribution in [0, 0.1) is 0 Å². The zero-order chi connectivity index (χ0) is 18.5. The average molecular weight is 361 g/mol. The van der Waals surface area contributed by atoms with E-state index >= 15 is 0 Å². The SMILES string of the molecule is C=CC(C)(O)CC[P+](c1ccccc1)(c1ccccc1)c1ccccc1. The van der Waals surface area contributed by atoms with E-state index in [4.69, 9.17) is 0 Å². The molecule has 0 radical (unpaired) electrons. The molecule has 1 N–H and O–H groups in total. The van der Waals surface area contributed by atoms with Crippen LogP contribution in [0.2, 0.25) is 0 Å². The van der Waals surface area contributed by atoms with Crippen LogP contribution in [0.5, 0.6) is 0 Å². The third-order valence-electron chi connectivity index (χ3n) is 4.98. The summed E-state index contributed by atoms with van der Waals surface area (Å²) in [6.45, 7) is 5.66. The van der Waals surface area contributed by atoms with Gasteiger partial charge < -0.3 is 5.11 Å². The first-order valence-corrected chi connectivity index (χ1v) is 11.0. The summed E-state index contributed by atoms with van der Waals surface area (Å²) < 4.78 is 0. The topological polar surface area (TPSA) is 20.2 Å². The minimum absolute atomic E-state index is 0.670. The Morgan fingerprint density at radius 1 is 0.769 bits per heavy atom. The van der Waals surface area contributed by atoms with Crippen molar-refractivity contribution >= 4 is 23.2 Å². The molecule has 0 aliphatic rings. The summed E-state index contributed by atoms with van der Waals surface area (Å²) in [7, 11) is -1.87. The highest BCUT2D eigenvalue weighted by Crippen LogP contribution is 2.56. The van der Waals surface area contributed by atoms with Crippen molar-refractivity contribution in [2.24, 2.45) is 0 Å². The Morgan fingerprint density at radius 2 is 1.12 bits per heavy atom. The Balaban J connectivity index is 2.23. The molecule has 0 bridgehead atoms. The van der Waals surface area contributed by atoms with E-state index in [0.29, 0.717) is 6.42 Å². The number of rotatable bonds is 7. The van der Waals surface area contributed by atoms with Gasteiger partial charge in [-0.1, -0.05) is 60.7 Å². The maximum Gasteiger partial charge on any atom is 0.112 e. The van der Waals surface area contributed by atoms with Gasteiger partial charge in [0.05, 0.1) is 11.8 Å². The molecule has 0 amide bonds. The number of aliphatic hydroxyl groups is 1. The maximum atomic E-state index is 10.6. The fourth-order valence-electron chi connectivity index (χ4n) is 3.38. The van der Waals surface area contributed by atoms with Crippen molar-refractivity contribution in [2.45, 2.75) is 18.9 Å². The normalized spacial score (nSPS) is 13.8. The highest BCUT2D eigenvalue weighted by atomic mass is 31.2. The third-order valence-corrected chi connectivity index (χ3v) is 9.42. The van der Waals surface area contributed by atoms with Crippen LogP contribution in [0.1, 0.15) is 13.3 Å². The van der Waals surface area contributed by atoms with Gasteiger partial charge in [0.15, 0.2) is 0 Å². The molecule has 0 saturated heterocycles. The minimum Gasteiger partial charge on any atom is -0.386 e. The molecule has 0 spiro atoms. The van der Waals surface area contributed by atoms with E-state index in [1.165, 1.54) is 15.9 Å². The second-order valence-electron chi connectivity index (χ2n) is 6.85. The van der Waals surface area contributed by atoms with Gasteiger partial charge in [0.1, 0.15) is 23.2 Å². The number of benzene rings is 3. The van der Waals surface area contributed by atoms with E-state index in [1.54, 1.807) is 6.08 Å². The van der Waals surface area contributed by atoms with E-state index in [1.807, 2.05) is 6.92 Å². The lowest BCUT2D eigenvalue weighted by molar-refractivity contribution is 0.109. The lowest BCUT2D eigenvalue weighted by atomic mass is 10.1. The first kappa shape index (κ1) is 18.6. The van der Waals surface area contributed by atoms with Gasteiger partial charge in [0, 0.05) is 6.42 Å². The molecule has 2 heteroatoms. The van der Waals surface area contributed by atoms with Crippen molar-refractivity contribution in [3.8, 4) is 0 Å². The molecule has 1 unspecified atom stereocenters. The molecular weight excluding hydrogens is 335 g/mol. The molecule has 3 aromatic rings. The Bertz CT molecular complexity index is 729. The van der Waals surface area contributed by atoms with Gasteiger partial charge in [-0.3, -0.25) is 0 Å². The van der Waals surface area contributed by atoms with Gasteiger partial charge in [-0.15, -0.1) is 6.58 Å². The van der Waals surface area contributed by atoms with E-state index < -0.39 is 12.9 Å². The lowest BCUT2D eigenvalue weighted by Crippen LogP contribution is -2.36. The summed E-state index contributed by atoms with van der Waals surface area (Å²) in [5.41, 5.74) is -0.871. The van der Waals surface area contributed by atoms with Crippen molar-refractivity contribution in [1.82, 2.24) is 0 Å². The molecule has 0 saturated carbocycles. The smallest absolute Gasteiger partial charge is 0.112 e. The van der Waals surface area contributed by atoms with Crippen LogP contribution in [0.4, 0.5) is 0 Å². The zero-order valence-electron chi connectivity index (χ0n) is 15.3. The molecule has 3 rings (SSSR count). The van der Waals surface area contributed by atoms with Crippen molar-refractivity contribution in [1.29, 1.82) is 0 Å². The van der Waals surface area contributed by atoms with Crippen LogP contribution in [-0.2, 0) is 0 Å². The molecule has 0 fully saturated rings. The Morgan fingerprint density at radius 3 is 1.42 bits per heavy atom. The molecule has 1 atom stereocenters. The minimum atomic E-state index is -1.87. The number of hydrogen-bond donors (Lipinski definition) is 1. The van der Waals surface area contributed by atoms with E-state index in [-0.39, 0.29) is 0 Å². The average Bonchev–Trinajstić information content (AvgIpc) is 2.71. The first-order chi connectivity index (χ1) is 12.6. The molecule has 0 aliphatic heterocycles. The van der Waals surface area contributed by atoms with E-state index in [2.05, 4.69) is 97.6 Å². The summed E-state index contributed by atoms with van der Waals surface area (Å²) in [6.07, 6.45) is 3.22. The van der Waals surface area contributed by atoms with E-state index in [0.717, 1.165) is 6.16 Å². The highest BCUT2D eigenvalue weighted by Gasteiger charge is 2.45. The summed E-state index contributed by atoms with van der Waals surface area (Å²) in [6, 6.07) is 32.3. The summed E-state index contributed by atoms with van der Waals surface area (Å²) in [4.78, 5) is 0. The first-order valence-electron chi connectivity index (χ1n) is 8.99. The quantitative estimate of drug-likeness (QED) is 0.491. The lowest BCUT2D eigenvalue weighted by Gasteiger charge is -2.30. The summed E-state index contributed by atoms with van der Waals surface area (Å²) >= 11 is 0. The van der Waals surface area contributed by atoms with Crippen LogP contribution >= 0.6 is 7.26 Å². The third kappa shape index (κ3) is 3.80. The van der Waals surface area contributed by atoms with Gasteiger partial charge in [-0.05, 0) is 43.3 Å². The molecule has 1 nitrogen and oxygen atoms in total. The van der Waals surface area contributed by atoms with Crippen molar-refractivity contribution < 1.29 is 5.11 Å². The second-order valence-corrected chi connectivity index (χ2v) is 10.5. The van der Waals surface area contributed by atoms with Crippen LogP contribution in [0.3, 0.4) is 0 Å². The van der Waals surface area contributed by atoms with Gasteiger partial charge in [0.25, 0.3) is 0 Å². The monoisotopic (exact) mass is 361 g/mol. The molecule has 26 heavy (non-hydrogen) atoms. The summed E-state index contributed by atoms with van der Waals surface area (Å²) in [5, 5.41) is 14.7. The zero-order valence-corrected chi connectivity index (χ0v) is 16.1. The predicted octanol–water partition coefficient (Wildman–Crippen LogP) is 4.31. The standard InChI is InChI=1S/C24H26OP/c1-3-24(2,25)19-20-26(21-13-7-4-8-14-21,22-15-9-5-10-16-22)23-17-11-6-12-18-23/h3-18,25H,1,19-20H2,2H3/q+1. The molecule has 0 aliphatic carbocycles. The second kappa shape index (κ2) is 7.99. The Kier molecular flexibility index (Phi) is 5.71. The van der Waals surface area contributed by atoms with Gasteiger partial charge in [0.2, 0.25) is 0 Å². The fraction of sp³-hybridized carbons (Fsp3) is 0.167. The van der Waals surface area contributed by atoms with Gasteiger partial charge in [-0.25, -0.2) is 0 Å². The maximum absolute atomic E-state index is 10.6. The van der Waals surface area contributed by atoms with Crippen LogP contribution in [0.15, 0.2) is 104 Å². The van der Waals surface area contributed by atoms with Gasteiger partial charge >= 0.3 is 0 Å². The molecule has 132 valence electrons. The fourth-order valence-corrected chi connectivity index (χ4v) is 7.88. The van der Waals surface area contributed by atoms with Crippen LogP contribution in [0.25, 0.3) is 0 Å². The summed E-state index contributed by atoms with van der Waals surface area (Å²) in [5.74, 6) is 0. The van der Waals surface area contributed by atoms with Crippen molar-refractivity contribution in [2.75, 3.05) is 6.16 Å². The Hall–Kier alpha value is -2.21. The molecule has 0 aromatic heterocycles. The molecular formula is C24H26OP+.